The van der Waals surface area contributed by atoms with Gasteiger partial charge in [0.1, 0.15) is 11.4 Å². The molecular formula is C19H20N2O4. The molecule has 0 saturated carbocycles. The van der Waals surface area contributed by atoms with Crippen LogP contribution in [0.1, 0.15) is 39.3 Å². The maximum absolute atomic E-state index is 12.4. The Kier molecular flexibility index (Phi) is 3.75. The lowest BCUT2D eigenvalue weighted by Gasteiger charge is -2.40. The molecule has 2 aromatic rings. The normalized spacial score (nSPS) is 18.9. The van der Waals surface area contributed by atoms with Crippen molar-refractivity contribution in [2.75, 3.05) is 19.6 Å². The van der Waals surface area contributed by atoms with E-state index < -0.39 is 5.60 Å². The van der Waals surface area contributed by atoms with Gasteiger partial charge in [-0.05, 0) is 31.2 Å². The van der Waals surface area contributed by atoms with E-state index in [1.54, 1.807) is 17.0 Å². The van der Waals surface area contributed by atoms with E-state index in [1.165, 1.54) is 6.26 Å². The minimum absolute atomic E-state index is 0.103. The average Bonchev–Trinajstić information content (AvgIpc) is 3.12. The number of fused-ring (bicyclic) bond motifs is 1. The summed E-state index contributed by atoms with van der Waals surface area (Å²) in [6.07, 6.45) is 2.82. The highest BCUT2D eigenvalue weighted by Crippen LogP contribution is 2.33. The van der Waals surface area contributed by atoms with Crippen molar-refractivity contribution in [2.24, 2.45) is 0 Å². The number of nitrogens with zero attached hydrogens (tertiary/aromatic N) is 1. The lowest BCUT2D eigenvalue weighted by Crippen LogP contribution is -2.54. The van der Waals surface area contributed by atoms with E-state index in [4.69, 9.17) is 9.15 Å². The first-order valence-electron chi connectivity index (χ1n) is 8.47. The molecule has 2 aliphatic rings. The van der Waals surface area contributed by atoms with Crippen LogP contribution in [-0.2, 0) is 0 Å². The van der Waals surface area contributed by atoms with Gasteiger partial charge < -0.3 is 19.4 Å². The number of nitrogens with one attached hydrogen (secondary N) is 1. The second-order valence-corrected chi connectivity index (χ2v) is 6.74. The van der Waals surface area contributed by atoms with Crippen molar-refractivity contribution in [3.8, 4) is 5.75 Å². The Labute approximate surface area is 145 Å². The number of aryl methyl sites for hydroxylation is 1. The number of likely N-dealkylation sites (tertiary alicyclic amines) is 1. The van der Waals surface area contributed by atoms with Gasteiger partial charge in [0.25, 0.3) is 11.8 Å². The lowest BCUT2D eigenvalue weighted by molar-refractivity contribution is 0.00670. The van der Waals surface area contributed by atoms with Crippen molar-refractivity contribution >= 4 is 11.8 Å². The van der Waals surface area contributed by atoms with Crippen molar-refractivity contribution in [2.45, 2.75) is 25.4 Å². The Morgan fingerprint density at radius 1 is 1.24 bits per heavy atom. The summed E-state index contributed by atoms with van der Waals surface area (Å²) in [5.74, 6) is 0.761. The van der Waals surface area contributed by atoms with Crippen LogP contribution in [0.3, 0.4) is 0 Å². The molecule has 1 N–H and O–H groups in total. The molecule has 0 unspecified atom stereocenters. The number of ether oxygens (including phenoxy) is 1. The maximum atomic E-state index is 12.4. The topological polar surface area (TPSA) is 71.8 Å². The highest BCUT2D eigenvalue weighted by Gasteiger charge is 2.41. The van der Waals surface area contributed by atoms with Crippen molar-refractivity contribution in [1.29, 1.82) is 0 Å². The van der Waals surface area contributed by atoms with Crippen LogP contribution in [0, 0.1) is 6.92 Å². The molecule has 1 aromatic carbocycles. The molecule has 6 heteroatoms. The van der Waals surface area contributed by atoms with E-state index in [2.05, 4.69) is 5.32 Å². The highest BCUT2D eigenvalue weighted by molar-refractivity contribution is 5.97. The van der Waals surface area contributed by atoms with Crippen LogP contribution in [0.25, 0.3) is 0 Å². The second kappa shape index (κ2) is 5.95. The third kappa shape index (κ3) is 2.88. The van der Waals surface area contributed by atoms with Crippen molar-refractivity contribution in [3.63, 3.8) is 0 Å². The minimum Gasteiger partial charge on any atom is -0.484 e. The fourth-order valence-electron chi connectivity index (χ4n) is 3.47. The summed E-state index contributed by atoms with van der Waals surface area (Å²) in [5.41, 5.74) is 1.12. The fourth-order valence-corrected chi connectivity index (χ4v) is 3.47. The quantitative estimate of drug-likeness (QED) is 0.865. The van der Waals surface area contributed by atoms with Gasteiger partial charge in [-0.3, -0.25) is 9.59 Å². The average molecular weight is 340 g/mol. The summed E-state index contributed by atoms with van der Waals surface area (Å²) in [7, 11) is 0. The Bertz CT molecular complexity index is 805. The van der Waals surface area contributed by atoms with Gasteiger partial charge in [0, 0.05) is 25.9 Å². The van der Waals surface area contributed by atoms with Crippen LogP contribution < -0.4 is 10.1 Å². The molecule has 130 valence electrons. The molecule has 0 bridgehead atoms. The third-order valence-corrected chi connectivity index (χ3v) is 4.97. The maximum Gasteiger partial charge on any atom is 0.289 e. The monoisotopic (exact) mass is 340 g/mol. The zero-order chi connectivity index (χ0) is 17.4. The van der Waals surface area contributed by atoms with Crippen LogP contribution in [0.15, 0.2) is 41.0 Å². The molecule has 2 amide bonds. The van der Waals surface area contributed by atoms with Crippen LogP contribution in [0.4, 0.5) is 0 Å². The molecule has 1 spiro atoms. The van der Waals surface area contributed by atoms with Crippen LogP contribution in [0.2, 0.25) is 0 Å². The van der Waals surface area contributed by atoms with Gasteiger partial charge in [-0.15, -0.1) is 0 Å². The molecule has 3 heterocycles. The molecule has 6 nitrogen and oxygen atoms in total. The fraction of sp³-hybridized carbons (Fsp3) is 0.368. The molecular weight excluding hydrogens is 320 g/mol. The molecule has 1 saturated heterocycles. The highest BCUT2D eigenvalue weighted by atomic mass is 16.5. The summed E-state index contributed by atoms with van der Waals surface area (Å²) in [5, 5.41) is 2.97. The first kappa shape index (κ1) is 15.7. The number of carbonyl (C=O) groups excluding carboxylic acids is 2. The van der Waals surface area contributed by atoms with E-state index in [-0.39, 0.29) is 11.8 Å². The number of carbonyl (C=O) groups is 2. The number of amides is 2. The van der Waals surface area contributed by atoms with Gasteiger partial charge >= 0.3 is 0 Å². The van der Waals surface area contributed by atoms with Gasteiger partial charge in [0.2, 0.25) is 0 Å². The molecule has 25 heavy (non-hydrogen) atoms. The number of hydrogen-bond acceptors (Lipinski definition) is 4. The van der Waals surface area contributed by atoms with E-state index in [0.717, 1.165) is 5.56 Å². The predicted molar refractivity (Wildman–Crippen MR) is 90.7 cm³/mol. The third-order valence-electron chi connectivity index (χ3n) is 4.97. The predicted octanol–water partition coefficient (Wildman–Crippen LogP) is 2.39. The zero-order valence-corrected chi connectivity index (χ0v) is 14.1. The molecule has 1 fully saturated rings. The number of piperidine rings is 1. The van der Waals surface area contributed by atoms with Gasteiger partial charge in [-0.25, -0.2) is 0 Å². The number of rotatable bonds is 1. The van der Waals surface area contributed by atoms with Gasteiger partial charge in [0.05, 0.1) is 18.4 Å². The van der Waals surface area contributed by atoms with Crippen molar-refractivity contribution in [1.82, 2.24) is 10.2 Å². The summed E-state index contributed by atoms with van der Waals surface area (Å²) < 4.78 is 11.5. The molecule has 0 atom stereocenters. The van der Waals surface area contributed by atoms with E-state index in [1.807, 2.05) is 25.1 Å². The summed E-state index contributed by atoms with van der Waals surface area (Å²) in [6.45, 7) is 3.53. The van der Waals surface area contributed by atoms with Crippen molar-refractivity contribution < 1.29 is 18.7 Å². The smallest absolute Gasteiger partial charge is 0.289 e. The number of hydrogen-bond donors (Lipinski definition) is 1. The molecule has 0 aliphatic carbocycles. The summed E-state index contributed by atoms with van der Waals surface area (Å²) >= 11 is 0. The second-order valence-electron chi connectivity index (χ2n) is 6.74. The Morgan fingerprint density at radius 2 is 2.04 bits per heavy atom. The SMILES string of the molecule is Cc1ccc2c(c1)C(=O)NCC1(CCN(C(=O)c3ccco3)CC1)O2. The lowest BCUT2D eigenvalue weighted by atomic mass is 9.90. The molecule has 2 aliphatic heterocycles. The van der Waals surface area contributed by atoms with E-state index in [0.29, 0.717) is 49.5 Å². The van der Waals surface area contributed by atoms with E-state index in [9.17, 15) is 9.59 Å². The largest absolute Gasteiger partial charge is 0.484 e. The Hall–Kier alpha value is -2.76. The van der Waals surface area contributed by atoms with Gasteiger partial charge in [-0.2, -0.15) is 0 Å². The Balaban J connectivity index is 1.52. The number of furan rings is 1. The summed E-state index contributed by atoms with van der Waals surface area (Å²) in [4.78, 5) is 26.5. The van der Waals surface area contributed by atoms with E-state index >= 15 is 0 Å². The van der Waals surface area contributed by atoms with Crippen LogP contribution in [0.5, 0.6) is 5.75 Å². The minimum atomic E-state index is -0.476. The Morgan fingerprint density at radius 3 is 2.76 bits per heavy atom. The van der Waals surface area contributed by atoms with Crippen LogP contribution in [-0.4, -0.2) is 41.9 Å². The standard InChI is InChI=1S/C19H20N2O4/c1-13-4-5-15-14(11-13)17(22)20-12-19(25-15)6-8-21(9-7-19)18(23)16-3-2-10-24-16/h2-5,10-11H,6-9,12H2,1H3,(H,20,22). The summed E-state index contributed by atoms with van der Waals surface area (Å²) in [6, 6.07) is 9.03. The number of benzene rings is 1. The molecule has 1 aromatic heterocycles. The first-order chi connectivity index (χ1) is 12.1. The van der Waals surface area contributed by atoms with Crippen molar-refractivity contribution in [3.05, 3.63) is 53.5 Å². The molecule has 4 rings (SSSR count). The van der Waals surface area contributed by atoms with Gasteiger partial charge in [-0.1, -0.05) is 11.6 Å². The molecule has 0 radical (unpaired) electrons. The van der Waals surface area contributed by atoms with Crippen LogP contribution >= 0.6 is 0 Å². The van der Waals surface area contributed by atoms with Gasteiger partial charge in [0.15, 0.2) is 5.76 Å². The first-order valence-corrected chi connectivity index (χ1v) is 8.47. The zero-order valence-electron chi connectivity index (χ0n) is 14.1.